The minimum absolute atomic E-state index is 0.277. The van der Waals surface area contributed by atoms with Crippen LogP contribution >= 0.6 is 11.6 Å². The number of rotatable bonds is 2. The van der Waals surface area contributed by atoms with Crippen LogP contribution in [0.4, 0.5) is 11.5 Å². The smallest absolute Gasteiger partial charge is 0.259 e. The average Bonchev–Trinajstić information content (AvgIpc) is 2.32. The average molecular weight is 262 g/mol. The number of benzene rings is 1. The van der Waals surface area contributed by atoms with Gasteiger partial charge in [0.15, 0.2) is 0 Å². The molecule has 0 saturated heterocycles. The van der Waals surface area contributed by atoms with Gasteiger partial charge in [0.2, 0.25) is 0 Å². The Kier molecular flexibility index (Phi) is 3.48. The Balaban J connectivity index is 2.25. The number of hydrogen-bond acceptors (Lipinski definition) is 3. The van der Waals surface area contributed by atoms with Crippen LogP contribution in [0.1, 0.15) is 15.9 Å². The highest BCUT2D eigenvalue weighted by Gasteiger charge is 2.12. The normalized spacial score (nSPS) is 10.1. The number of carbonyl (C=O) groups is 1. The molecular formula is C13H12ClN3O. The number of anilines is 2. The van der Waals surface area contributed by atoms with Crippen molar-refractivity contribution in [1.82, 2.24) is 4.98 Å². The molecule has 2 rings (SSSR count). The van der Waals surface area contributed by atoms with Crippen molar-refractivity contribution in [2.45, 2.75) is 6.92 Å². The van der Waals surface area contributed by atoms with Crippen LogP contribution in [0.5, 0.6) is 0 Å². The van der Waals surface area contributed by atoms with Gasteiger partial charge in [-0.05, 0) is 30.7 Å². The Labute approximate surface area is 110 Å². The standard InChI is InChI=1S/C13H12ClN3O/c1-8-3-2-4-10(15)12(8)13(18)17-11-6-5-9(14)7-16-11/h2-7H,15H2,1H3,(H,16,17,18). The fourth-order valence-corrected chi connectivity index (χ4v) is 1.74. The maximum atomic E-state index is 12.1. The highest BCUT2D eigenvalue weighted by Crippen LogP contribution is 2.18. The molecule has 0 atom stereocenters. The SMILES string of the molecule is Cc1cccc(N)c1C(=O)Nc1ccc(Cl)cn1. The first-order chi connectivity index (χ1) is 8.58. The molecule has 0 aliphatic rings. The number of amides is 1. The van der Waals surface area contributed by atoms with Gasteiger partial charge in [-0.15, -0.1) is 0 Å². The van der Waals surface area contributed by atoms with E-state index in [9.17, 15) is 4.79 Å². The highest BCUT2D eigenvalue weighted by molar-refractivity contribution is 6.30. The van der Waals surface area contributed by atoms with Gasteiger partial charge in [0, 0.05) is 11.9 Å². The molecular weight excluding hydrogens is 250 g/mol. The van der Waals surface area contributed by atoms with E-state index in [2.05, 4.69) is 10.3 Å². The first-order valence-electron chi connectivity index (χ1n) is 5.36. The minimum Gasteiger partial charge on any atom is -0.398 e. The molecule has 0 bridgehead atoms. The van der Waals surface area contributed by atoms with Crippen LogP contribution in [0.15, 0.2) is 36.5 Å². The monoisotopic (exact) mass is 261 g/mol. The second kappa shape index (κ2) is 5.06. The quantitative estimate of drug-likeness (QED) is 0.817. The Hall–Kier alpha value is -2.07. The van der Waals surface area contributed by atoms with Gasteiger partial charge in [-0.2, -0.15) is 0 Å². The number of pyridine rings is 1. The second-order valence-corrected chi connectivity index (χ2v) is 4.29. The van der Waals surface area contributed by atoms with Crippen LogP contribution in [0.3, 0.4) is 0 Å². The van der Waals surface area contributed by atoms with Gasteiger partial charge in [0.05, 0.1) is 10.6 Å². The number of halogens is 1. The Morgan fingerprint density at radius 1 is 1.33 bits per heavy atom. The van der Waals surface area contributed by atoms with Crippen molar-refractivity contribution in [3.05, 3.63) is 52.7 Å². The second-order valence-electron chi connectivity index (χ2n) is 3.85. The summed E-state index contributed by atoms with van der Waals surface area (Å²) in [6, 6.07) is 8.62. The topological polar surface area (TPSA) is 68.0 Å². The van der Waals surface area contributed by atoms with Crippen molar-refractivity contribution in [2.24, 2.45) is 0 Å². The van der Waals surface area contributed by atoms with Crippen LogP contribution in [-0.4, -0.2) is 10.9 Å². The molecule has 2 aromatic rings. The van der Waals surface area contributed by atoms with Gasteiger partial charge in [-0.3, -0.25) is 4.79 Å². The molecule has 0 unspecified atom stereocenters. The van der Waals surface area contributed by atoms with E-state index in [1.165, 1.54) is 6.20 Å². The van der Waals surface area contributed by atoms with Gasteiger partial charge < -0.3 is 11.1 Å². The first-order valence-corrected chi connectivity index (χ1v) is 5.73. The summed E-state index contributed by atoms with van der Waals surface area (Å²) in [6.07, 6.45) is 1.47. The molecule has 1 heterocycles. The lowest BCUT2D eigenvalue weighted by Crippen LogP contribution is -2.16. The van der Waals surface area contributed by atoms with E-state index < -0.39 is 0 Å². The number of nitrogens with one attached hydrogen (secondary N) is 1. The molecule has 1 aromatic carbocycles. The van der Waals surface area contributed by atoms with E-state index >= 15 is 0 Å². The van der Waals surface area contributed by atoms with Crippen molar-refractivity contribution >= 4 is 29.0 Å². The van der Waals surface area contributed by atoms with Gasteiger partial charge >= 0.3 is 0 Å². The Morgan fingerprint density at radius 2 is 2.11 bits per heavy atom. The number of nitrogens with zero attached hydrogens (tertiary/aromatic N) is 1. The van der Waals surface area contributed by atoms with Gasteiger partial charge in [-0.1, -0.05) is 23.7 Å². The van der Waals surface area contributed by atoms with E-state index in [0.29, 0.717) is 22.1 Å². The molecule has 92 valence electrons. The summed E-state index contributed by atoms with van der Waals surface area (Å²) >= 11 is 5.72. The van der Waals surface area contributed by atoms with E-state index in [1.807, 2.05) is 19.1 Å². The molecule has 0 aliphatic carbocycles. The molecule has 5 heteroatoms. The molecule has 4 nitrogen and oxygen atoms in total. The largest absolute Gasteiger partial charge is 0.398 e. The molecule has 0 saturated carbocycles. The number of aryl methyl sites for hydroxylation is 1. The molecule has 0 aliphatic heterocycles. The van der Waals surface area contributed by atoms with Crippen LogP contribution in [0.25, 0.3) is 0 Å². The summed E-state index contributed by atoms with van der Waals surface area (Å²) in [5.74, 6) is 0.160. The number of aromatic nitrogens is 1. The molecule has 0 radical (unpaired) electrons. The van der Waals surface area contributed by atoms with Crippen molar-refractivity contribution < 1.29 is 4.79 Å². The summed E-state index contributed by atoms with van der Waals surface area (Å²) in [4.78, 5) is 16.1. The van der Waals surface area contributed by atoms with Crippen LogP contribution in [0.2, 0.25) is 5.02 Å². The molecule has 0 spiro atoms. The molecule has 0 fully saturated rings. The van der Waals surface area contributed by atoms with E-state index in [0.717, 1.165) is 5.56 Å². The lowest BCUT2D eigenvalue weighted by atomic mass is 10.1. The number of carbonyl (C=O) groups excluding carboxylic acids is 1. The zero-order valence-electron chi connectivity index (χ0n) is 9.77. The van der Waals surface area contributed by atoms with Gasteiger partial charge in [0.1, 0.15) is 5.82 Å². The summed E-state index contributed by atoms with van der Waals surface area (Å²) in [6.45, 7) is 1.83. The molecule has 18 heavy (non-hydrogen) atoms. The maximum Gasteiger partial charge on any atom is 0.259 e. The number of nitrogens with two attached hydrogens (primary N) is 1. The lowest BCUT2D eigenvalue weighted by Gasteiger charge is -2.09. The Bertz CT molecular complexity index is 561. The van der Waals surface area contributed by atoms with E-state index in [-0.39, 0.29) is 5.91 Å². The van der Waals surface area contributed by atoms with Crippen molar-refractivity contribution in [2.75, 3.05) is 11.1 Å². The molecule has 3 N–H and O–H groups in total. The molecule has 1 amide bonds. The van der Waals surface area contributed by atoms with Crippen LogP contribution in [-0.2, 0) is 0 Å². The number of hydrogen-bond donors (Lipinski definition) is 2. The fraction of sp³-hybridized carbons (Fsp3) is 0.0769. The summed E-state index contributed by atoms with van der Waals surface area (Å²) in [7, 11) is 0. The first kappa shape index (κ1) is 12.4. The maximum absolute atomic E-state index is 12.1. The predicted octanol–water partition coefficient (Wildman–Crippen LogP) is 2.88. The fourth-order valence-electron chi connectivity index (χ4n) is 1.63. The minimum atomic E-state index is -0.277. The summed E-state index contributed by atoms with van der Waals surface area (Å²) in [5.41, 5.74) is 7.53. The molecule has 1 aromatic heterocycles. The third-order valence-corrected chi connectivity index (χ3v) is 2.72. The predicted molar refractivity (Wildman–Crippen MR) is 72.8 cm³/mol. The van der Waals surface area contributed by atoms with E-state index in [4.69, 9.17) is 17.3 Å². The third-order valence-electron chi connectivity index (χ3n) is 2.50. The summed E-state index contributed by atoms with van der Waals surface area (Å²) < 4.78 is 0. The van der Waals surface area contributed by atoms with Crippen LogP contribution in [0, 0.1) is 6.92 Å². The zero-order valence-corrected chi connectivity index (χ0v) is 10.5. The van der Waals surface area contributed by atoms with Crippen molar-refractivity contribution in [3.63, 3.8) is 0 Å². The van der Waals surface area contributed by atoms with Gasteiger partial charge in [-0.25, -0.2) is 4.98 Å². The van der Waals surface area contributed by atoms with Crippen LogP contribution < -0.4 is 11.1 Å². The lowest BCUT2D eigenvalue weighted by molar-refractivity contribution is 0.102. The van der Waals surface area contributed by atoms with Crippen molar-refractivity contribution in [3.8, 4) is 0 Å². The zero-order chi connectivity index (χ0) is 13.1. The van der Waals surface area contributed by atoms with Gasteiger partial charge in [0.25, 0.3) is 5.91 Å². The highest BCUT2D eigenvalue weighted by atomic mass is 35.5. The van der Waals surface area contributed by atoms with E-state index in [1.54, 1.807) is 18.2 Å². The Morgan fingerprint density at radius 3 is 2.72 bits per heavy atom. The summed E-state index contributed by atoms with van der Waals surface area (Å²) in [5, 5.41) is 3.20. The third kappa shape index (κ3) is 2.60. The number of nitrogen functional groups attached to an aromatic ring is 1. The van der Waals surface area contributed by atoms with Crippen molar-refractivity contribution in [1.29, 1.82) is 0 Å².